The van der Waals surface area contributed by atoms with E-state index < -0.39 is 4.92 Å². The molecular formula is C20H21N7O5. The van der Waals surface area contributed by atoms with Crippen LogP contribution >= 0.6 is 0 Å². The molecule has 1 N–H and O–H groups in total. The second-order valence-electron chi connectivity index (χ2n) is 7.06. The number of carbonyl (C=O) groups excluding carboxylic acids is 1. The molecule has 1 aliphatic heterocycles. The van der Waals surface area contributed by atoms with Gasteiger partial charge in [0.2, 0.25) is 5.95 Å². The molecule has 0 amide bonds. The fraction of sp³-hybridized carbons (Fsp3) is 0.300. The van der Waals surface area contributed by atoms with Crippen LogP contribution in [0.25, 0.3) is 5.82 Å². The van der Waals surface area contributed by atoms with Crippen molar-refractivity contribution in [3.63, 3.8) is 0 Å². The summed E-state index contributed by atoms with van der Waals surface area (Å²) in [6, 6.07) is 3.04. The lowest BCUT2D eigenvalue weighted by molar-refractivity contribution is -0.384. The molecule has 12 heteroatoms. The summed E-state index contributed by atoms with van der Waals surface area (Å²) in [5, 5.41) is 18.9. The zero-order valence-corrected chi connectivity index (χ0v) is 17.5. The van der Waals surface area contributed by atoms with E-state index in [0.29, 0.717) is 61.1 Å². The predicted molar refractivity (Wildman–Crippen MR) is 115 cm³/mol. The average Bonchev–Trinajstić information content (AvgIpc) is 3.29. The van der Waals surface area contributed by atoms with Crippen molar-refractivity contribution in [2.75, 3.05) is 43.6 Å². The van der Waals surface area contributed by atoms with Crippen molar-refractivity contribution in [3.05, 3.63) is 52.0 Å². The van der Waals surface area contributed by atoms with Gasteiger partial charge in [0.05, 0.1) is 42.7 Å². The molecule has 0 saturated carbocycles. The van der Waals surface area contributed by atoms with Crippen LogP contribution in [-0.2, 0) is 4.74 Å². The summed E-state index contributed by atoms with van der Waals surface area (Å²) in [5.41, 5.74) is 1.89. The van der Waals surface area contributed by atoms with Gasteiger partial charge in [0, 0.05) is 43.2 Å². The van der Waals surface area contributed by atoms with Crippen LogP contribution < -0.4 is 15.0 Å². The Balaban J connectivity index is 1.71. The van der Waals surface area contributed by atoms with Gasteiger partial charge in [-0.1, -0.05) is 0 Å². The maximum absolute atomic E-state index is 11.8. The Morgan fingerprint density at radius 1 is 1.28 bits per heavy atom. The molecule has 3 heterocycles. The summed E-state index contributed by atoms with van der Waals surface area (Å²) in [6.07, 6.45) is 5.27. The van der Waals surface area contributed by atoms with Gasteiger partial charge in [-0.25, -0.2) is 9.67 Å². The monoisotopic (exact) mass is 439 g/mol. The molecule has 2 aromatic heterocycles. The van der Waals surface area contributed by atoms with Gasteiger partial charge in [0.1, 0.15) is 11.4 Å². The maximum Gasteiger partial charge on any atom is 0.294 e. The third-order valence-electron chi connectivity index (χ3n) is 4.99. The van der Waals surface area contributed by atoms with E-state index in [9.17, 15) is 14.9 Å². The molecule has 1 fully saturated rings. The van der Waals surface area contributed by atoms with E-state index in [1.165, 1.54) is 24.1 Å². The molecule has 0 spiro atoms. The smallest absolute Gasteiger partial charge is 0.294 e. The van der Waals surface area contributed by atoms with Crippen molar-refractivity contribution in [1.29, 1.82) is 0 Å². The minimum absolute atomic E-state index is 0.0646. The van der Waals surface area contributed by atoms with Gasteiger partial charge in [0.15, 0.2) is 12.1 Å². The zero-order chi connectivity index (χ0) is 22.7. The number of nitro groups is 1. The molecule has 0 atom stereocenters. The van der Waals surface area contributed by atoms with Crippen LogP contribution in [0.5, 0.6) is 5.75 Å². The van der Waals surface area contributed by atoms with Gasteiger partial charge < -0.3 is 19.7 Å². The van der Waals surface area contributed by atoms with E-state index in [2.05, 4.69) is 20.4 Å². The largest absolute Gasteiger partial charge is 0.494 e. The molecule has 12 nitrogen and oxygen atoms in total. The summed E-state index contributed by atoms with van der Waals surface area (Å²) < 4.78 is 12.3. The highest BCUT2D eigenvalue weighted by atomic mass is 16.6. The first-order valence-electron chi connectivity index (χ1n) is 9.80. The van der Waals surface area contributed by atoms with Crippen LogP contribution in [0.1, 0.15) is 15.9 Å². The molecule has 4 rings (SSSR count). The van der Waals surface area contributed by atoms with Crippen LogP contribution in [0.15, 0.2) is 30.7 Å². The van der Waals surface area contributed by atoms with Gasteiger partial charge in [0.25, 0.3) is 5.69 Å². The number of nitrogens with one attached hydrogen (secondary N) is 1. The van der Waals surface area contributed by atoms with E-state index in [4.69, 9.17) is 9.47 Å². The predicted octanol–water partition coefficient (Wildman–Crippen LogP) is 2.28. The van der Waals surface area contributed by atoms with E-state index in [-0.39, 0.29) is 11.6 Å². The summed E-state index contributed by atoms with van der Waals surface area (Å²) >= 11 is 0. The van der Waals surface area contributed by atoms with Crippen LogP contribution in [0.4, 0.5) is 23.0 Å². The summed E-state index contributed by atoms with van der Waals surface area (Å²) in [4.78, 5) is 32.9. The van der Waals surface area contributed by atoms with Crippen molar-refractivity contribution in [2.24, 2.45) is 0 Å². The SMILES string of the molecule is COc1cc(N2CCOCC2)c([N+](=O)[O-])cc1Nc1ncc(C)c(-n2cc(C=O)cn2)n1. The van der Waals surface area contributed by atoms with Gasteiger partial charge in [-0.2, -0.15) is 10.1 Å². The topological polar surface area (TPSA) is 138 Å². The Kier molecular flexibility index (Phi) is 5.94. The molecular weight excluding hydrogens is 418 g/mol. The van der Waals surface area contributed by atoms with Gasteiger partial charge in [-0.15, -0.1) is 0 Å². The number of nitro benzene ring substituents is 1. The molecule has 1 aromatic carbocycles. The van der Waals surface area contributed by atoms with Gasteiger partial charge in [-0.3, -0.25) is 14.9 Å². The summed E-state index contributed by atoms with van der Waals surface area (Å²) in [6.45, 7) is 3.91. The molecule has 1 saturated heterocycles. The Hall–Kier alpha value is -4.06. The molecule has 0 unspecified atom stereocenters. The van der Waals surface area contributed by atoms with Crippen molar-refractivity contribution < 1.29 is 19.2 Å². The van der Waals surface area contributed by atoms with Crippen LogP contribution in [0, 0.1) is 17.0 Å². The lowest BCUT2D eigenvalue weighted by Crippen LogP contribution is -2.36. The first-order chi connectivity index (χ1) is 15.5. The number of morpholine rings is 1. The maximum atomic E-state index is 11.8. The number of carbonyl (C=O) groups is 1. The van der Waals surface area contributed by atoms with E-state index >= 15 is 0 Å². The Bertz CT molecular complexity index is 1160. The van der Waals surface area contributed by atoms with Gasteiger partial charge >= 0.3 is 0 Å². The number of aldehydes is 1. The highest BCUT2D eigenvalue weighted by molar-refractivity contribution is 5.77. The number of methoxy groups -OCH3 is 1. The first kappa shape index (κ1) is 21.2. The van der Waals surface area contributed by atoms with Crippen molar-refractivity contribution >= 4 is 29.3 Å². The van der Waals surface area contributed by atoms with Crippen LogP contribution in [0.2, 0.25) is 0 Å². The Morgan fingerprint density at radius 2 is 2.06 bits per heavy atom. The molecule has 1 aliphatic rings. The van der Waals surface area contributed by atoms with Crippen molar-refractivity contribution in [1.82, 2.24) is 19.7 Å². The van der Waals surface area contributed by atoms with E-state index in [0.717, 1.165) is 5.56 Å². The van der Waals surface area contributed by atoms with E-state index in [1.807, 2.05) is 11.8 Å². The summed E-state index contributed by atoms with van der Waals surface area (Å²) in [7, 11) is 1.49. The van der Waals surface area contributed by atoms with Crippen LogP contribution in [-0.4, -0.2) is 64.4 Å². The lowest BCUT2D eigenvalue weighted by atomic mass is 10.2. The fourth-order valence-corrected chi connectivity index (χ4v) is 3.39. The second-order valence-corrected chi connectivity index (χ2v) is 7.06. The number of nitrogens with zero attached hydrogens (tertiary/aromatic N) is 6. The van der Waals surface area contributed by atoms with Crippen LogP contribution in [0.3, 0.4) is 0 Å². The highest BCUT2D eigenvalue weighted by Crippen LogP contribution is 2.39. The highest BCUT2D eigenvalue weighted by Gasteiger charge is 2.25. The first-order valence-corrected chi connectivity index (χ1v) is 9.80. The Morgan fingerprint density at radius 3 is 2.72 bits per heavy atom. The van der Waals surface area contributed by atoms with E-state index in [1.54, 1.807) is 18.5 Å². The lowest BCUT2D eigenvalue weighted by Gasteiger charge is -2.29. The number of aromatic nitrogens is 4. The molecule has 32 heavy (non-hydrogen) atoms. The molecule has 3 aromatic rings. The molecule has 0 aliphatic carbocycles. The molecule has 0 radical (unpaired) electrons. The fourth-order valence-electron chi connectivity index (χ4n) is 3.39. The number of rotatable bonds is 7. The number of hydrogen-bond acceptors (Lipinski definition) is 10. The standard InChI is InChI=1S/C20H21N7O5/c1-13-9-21-20(24-19(13)26-11-14(12-28)10-22-26)23-15-7-17(27(29)30)16(8-18(15)31-2)25-3-5-32-6-4-25/h7-12H,3-6H2,1-2H3,(H,21,23,24). The molecule has 0 bridgehead atoms. The number of benzene rings is 1. The second kappa shape index (κ2) is 8.98. The third-order valence-corrected chi connectivity index (χ3v) is 4.99. The van der Waals surface area contributed by atoms with Gasteiger partial charge in [-0.05, 0) is 6.92 Å². The number of ether oxygens (including phenoxy) is 2. The number of hydrogen-bond donors (Lipinski definition) is 1. The van der Waals surface area contributed by atoms with Crippen molar-refractivity contribution in [2.45, 2.75) is 6.92 Å². The van der Waals surface area contributed by atoms with Crippen molar-refractivity contribution in [3.8, 4) is 11.6 Å². The quantitative estimate of drug-likeness (QED) is 0.331. The minimum Gasteiger partial charge on any atom is -0.494 e. The number of anilines is 3. The summed E-state index contributed by atoms with van der Waals surface area (Å²) in [5.74, 6) is 1.07. The number of aryl methyl sites for hydroxylation is 1. The minimum atomic E-state index is -0.429. The zero-order valence-electron chi connectivity index (χ0n) is 17.5. The third kappa shape index (κ3) is 4.21. The average molecular weight is 439 g/mol. The Labute approximate surface area is 182 Å². The molecule has 166 valence electrons. The normalized spacial score (nSPS) is 13.6.